The summed E-state index contributed by atoms with van der Waals surface area (Å²) in [4.78, 5) is 18.6. The number of nitrogens with zero attached hydrogens (tertiary/aromatic N) is 1. The molecule has 1 N–H and O–H groups in total. The highest BCUT2D eigenvalue weighted by atomic mass is 16.5. The van der Waals surface area contributed by atoms with Crippen molar-refractivity contribution in [3.63, 3.8) is 0 Å². The number of esters is 1. The Balaban J connectivity index is 1.54. The van der Waals surface area contributed by atoms with Crippen LogP contribution in [0.25, 0.3) is 10.9 Å². The molecule has 4 atom stereocenters. The molecule has 148 valence electrons. The van der Waals surface area contributed by atoms with E-state index in [4.69, 9.17) is 14.2 Å². The van der Waals surface area contributed by atoms with Gasteiger partial charge in [-0.1, -0.05) is 0 Å². The van der Waals surface area contributed by atoms with Crippen molar-refractivity contribution in [2.75, 3.05) is 27.3 Å². The molecular weight excluding hydrogens is 356 g/mol. The number of hydrogen-bond acceptors (Lipinski definition) is 5. The second kappa shape index (κ2) is 6.55. The minimum atomic E-state index is -0.271. The van der Waals surface area contributed by atoms with Crippen molar-refractivity contribution in [2.45, 2.75) is 31.9 Å². The lowest BCUT2D eigenvalue weighted by molar-refractivity contribution is -0.139. The van der Waals surface area contributed by atoms with Crippen molar-refractivity contribution < 1.29 is 19.0 Å². The van der Waals surface area contributed by atoms with E-state index in [-0.39, 0.29) is 24.0 Å². The van der Waals surface area contributed by atoms with E-state index in [2.05, 4.69) is 28.9 Å². The molecule has 3 aliphatic heterocycles. The Labute approximate surface area is 164 Å². The molecule has 1 fully saturated rings. The number of fused-ring (bicyclic) bond motifs is 6. The van der Waals surface area contributed by atoms with E-state index in [1.165, 1.54) is 23.8 Å². The highest BCUT2D eigenvalue weighted by Gasteiger charge is 2.46. The van der Waals surface area contributed by atoms with Crippen LogP contribution in [0.3, 0.4) is 0 Å². The number of carbonyl (C=O) groups is 1. The summed E-state index contributed by atoms with van der Waals surface area (Å²) in [5.41, 5.74) is 4.49. The maximum absolute atomic E-state index is 12.3. The Kier molecular flexibility index (Phi) is 4.12. The topological polar surface area (TPSA) is 63.8 Å². The van der Waals surface area contributed by atoms with Gasteiger partial charge < -0.3 is 19.2 Å². The van der Waals surface area contributed by atoms with Crippen molar-refractivity contribution in [3.05, 3.63) is 41.3 Å². The second-order valence-corrected chi connectivity index (χ2v) is 8.10. The lowest BCUT2D eigenvalue weighted by Crippen LogP contribution is -2.51. The molecule has 0 spiro atoms. The Morgan fingerprint density at radius 3 is 2.96 bits per heavy atom. The normalized spacial score (nSPS) is 29.2. The smallest absolute Gasteiger partial charge is 0.337 e. The SMILES string of the molecule is COC(=O)C1=CO[C@H](C)[C@@H]2CN3CCc4c([nH]c5cc(OC)ccc45)[C@H]3C[C@@H]12. The van der Waals surface area contributed by atoms with Crippen LogP contribution in [0.1, 0.15) is 30.6 Å². The molecule has 6 heteroatoms. The lowest BCUT2D eigenvalue weighted by Gasteiger charge is -2.49. The molecule has 1 aromatic carbocycles. The average molecular weight is 382 g/mol. The molecule has 0 unspecified atom stereocenters. The quantitative estimate of drug-likeness (QED) is 0.809. The van der Waals surface area contributed by atoms with Crippen LogP contribution in [0.15, 0.2) is 30.0 Å². The Bertz CT molecular complexity index is 963. The third-order valence-electron chi connectivity index (χ3n) is 6.84. The molecule has 1 aromatic heterocycles. The first-order chi connectivity index (χ1) is 13.6. The lowest BCUT2D eigenvalue weighted by atomic mass is 9.72. The highest BCUT2D eigenvalue weighted by molar-refractivity contribution is 5.89. The molecule has 4 heterocycles. The molecule has 6 nitrogen and oxygen atoms in total. The van der Waals surface area contributed by atoms with Gasteiger partial charge in [-0.15, -0.1) is 0 Å². The number of ether oxygens (including phenoxy) is 3. The van der Waals surface area contributed by atoms with E-state index in [0.29, 0.717) is 11.5 Å². The molecule has 2 aromatic rings. The van der Waals surface area contributed by atoms with Crippen LogP contribution in [0.4, 0.5) is 0 Å². The van der Waals surface area contributed by atoms with Crippen LogP contribution in [-0.2, 0) is 20.7 Å². The standard InChI is InChI=1S/C22H26N2O4/c1-12-17-10-24-7-6-15-14-5-4-13(26-2)8-19(14)23-21(15)20(24)9-16(17)18(11-28-12)22(25)27-3/h4-5,8,11-12,16-17,20,23H,6-7,9-10H2,1-3H3/t12-,16-,17+,20-/m1/s1. The van der Waals surface area contributed by atoms with Gasteiger partial charge in [0, 0.05) is 47.6 Å². The summed E-state index contributed by atoms with van der Waals surface area (Å²) in [6.45, 7) is 4.07. The number of H-pyrrole nitrogens is 1. The van der Waals surface area contributed by atoms with Crippen molar-refractivity contribution in [2.24, 2.45) is 11.8 Å². The van der Waals surface area contributed by atoms with Gasteiger partial charge in [0.1, 0.15) is 5.75 Å². The van der Waals surface area contributed by atoms with Crippen LogP contribution in [0.5, 0.6) is 5.75 Å². The summed E-state index contributed by atoms with van der Waals surface area (Å²) < 4.78 is 16.2. The zero-order chi connectivity index (χ0) is 19.4. The number of benzene rings is 1. The summed E-state index contributed by atoms with van der Waals surface area (Å²) in [5, 5.41) is 1.28. The van der Waals surface area contributed by atoms with Gasteiger partial charge in [0.05, 0.1) is 38.2 Å². The molecule has 5 rings (SSSR count). The number of rotatable bonds is 2. The summed E-state index contributed by atoms with van der Waals surface area (Å²) >= 11 is 0. The first-order valence-electron chi connectivity index (χ1n) is 9.97. The summed E-state index contributed by atoms with van der Waals surface area (Å²) in [7, 11) is 3.13. The second-order valence-electron chi connectivity index (χ2n) is 8.10. The van der Waals surface area contributed by atoms with Crippen molar-refractivity contribution >= 4 is 16.9 Å². The van der Waals surface area contributed by atoms with Crippen LogP contribution in [0, 0.1) is 11.8 Å². The highest BCUT2D eigenvalue weighted by Crippen LogP contribution is 2.47. The summed E-state index contributed by atoms with van der Waals surface area (Å²) in [6.07, 6.45) is 3.67. The number of piperidine rings is 1. The molecule has 28 heavy (non-hydrogen) atoms. The number of hydrogen-bond donors (Lipinski definition) is 1. The molecule has 0 aliphatic carbocycles. The van der Waals surface area contributed by atoms with Gasteiger partial charge in [-0.3, -0.25) is 4.90 Å². The maximum Gasteiger partial charge on any atom is 0.337 e. The van der Waals surface area contributed by atoms with Gasteiger partial charge in [0.25, 0.3) is 0 Å². The van der Waals surface area contributed by atoms with Crippen LogP contribution in [-0.4, -0.2) is 49.3 Å². The van der Waals surface area contributed by atoms with Crippen molar-refractivity contribution in [3.8, 4) is 5.75 Å². The molecule has 0 amide bonds. The fraction of sp³-hybridized carbons (Fsp3) is 0.500. The molecular formula is C22H26N2O4. The maximum atomic E-state index is 12.3. The van der Waals surface area contributed by atoms with E-state index in [1.54, 1.807) is 13.4 Å². The number of aromatic amines is 1. The van der Waals surface area contributed by atoms with Gasteiger partial charge in [-0.2, -0.15) is 0 Å². The first-order valence-corrected chi connectivity index (χ1v) is 9.97. The van der Waals surface area contributed by atoms with E-state index in [0.717, 1.165) is 37.2 Å². The zero-order valence-corrected chi connectivity index (χ0v) is 16.5. The van der Waals surface area contributed by atoms with Gasteiger partial charge in [-0.25, -0.2) is 4.79 Å². The van der Waals surface area contributed by atoms with Crippen molar-refractivity contribution in [1.29, 1.82) is 0 Å². The van der Waals surface area contributed by atoms with Crippen LogP contribution >= 0.6 is 0 Å². The minimum absolute atomic E-state index is 0.104. The van der Waals surface area contributed by atoms with E-state index in [1.807, 2.05) is 6.07 Å². The fourth-order valence-electron chi connectivity index (χ4n) is 5.35. The molecule has 3 aliphatic rings. The average Bonchev–Trinajstić information content (AvgIpc) is 3.10. The van der Waals surface area contributed by atoms with Crippen LogP contribution < -0.4 is 4.74 Å². The zero-order valence-electron chi connectivity index (χ0n) is 16.5. The predicted molar refractivity (Wildman–Crippen MR) is 105 cm³/mol. The molecule has 0 saturated carbocycles. The van der Waals surface area contributed by atoms with Gasteiger partial charge in [-0.05, 0) is 37.5 Å². The van der Waals surface area contributed by atoms with E-state index < -0.39 is 0 Å². The van der Waals surface area contributed by atoms with E-state index in [9.17, 15) is 4.79 Å². The summed E-state index contributed by atoms with van der Waals surface area (Å²) in [6, 6.07) is 6.53. The largest absolute Gasteiger partial charge is 0.497 e. The van der Waals surface area contributed by atoms with Gasteiger partial charge in [0.15, 0.2) is 0 Å². The molecule has 1 saturated heterocycles. The fourth-order valence-corrected chi connectivity index (χ4v) is 5.35. The Morgan fingerprint density at radius 1 is 1.32 bits per heavy atom. The molecule has 0 radical (unpaired) electrons. The first kappa shape index (κ1) is 17.6. The number of aromatic nitrogens is 1. The molecule has 0 bridgehead atoms. The monoisotopic (exact) mass is 382 g/mol. The third-order valence-corrected chi connectivity index (χ3v) is 6.84. The number of carbonyl (C=O) groups excluding carboxylic acids is 1. The predicted octanol–water partition coefficient (Wildman–Crippen LogP) is 3.19. The Hall–Kier alpha value is -2.47. The van der Waals surface area contributed by atoms with Gasteiger partial charge >= 0.3 is 5.97 Å². The number of methoxy groups -OCH3 is 2. The minimum Gasteiger partial charge on any atom is -0.497 e. The van der Waals surface area contributed by atoms with Gasteiger partial charge in [0.2, 0.25) is 0 Å². The van der Waals surface area contributed by atoms with E-state index >= 15 is 0 Å². The number of nitrogens with one attached hydrogen (secondary N) is 1. The van der Waals surface area contributed by atoms with Crippen LogP contribution in [0.2, 0.25) is 0 Å². The van der Waals surface area contributed by atoms with Crippen molar-refractivity contribution in [1.82, 2.24) is 9.88 Å². The Morgan fingerprint density at radius 2 is 2.18 bits per heavy atom. The third kappa shape index (κ3) is 2.54. The summed E-state index contributed by atoms with van der Waals surface area (Å²) in [5.74, 6) is 1.05.